The minimum absolute atomic E-state index is 0.00560. The van der Waals surface area contributed by atoms with Gasteiger partial charge >= 0.3 is 0 Å². The molecule has 1 aliphatic carbocycles. The molecule has 1 aliphatic rings. The molecule has 5 nitrogen and oxygen atoms in total. The van der Waals surface area contributed by atoms with Crippen molar-refractivity contribution in [3.8, 4) is 0 Å². The summed E-state index contributed by atoms with van der Waals surface area (Å²) in [5, 5.41) is 10.7. The van der Waals surface area contributed by atoms with E-state index >= 15 is 0 Å². The van der Waals surface area contributed by atoms with Crippen LogP contribution in [-0.2, 0) is 0 Å². The molecule has 7 heteroatoms. The fourth-order valence-electron chi connectivity index (χ4n) is 2.48. The maximum atomic E-state index is 13.1. The van der Waals surface area contributed by atoms with Crippen molar-refractivity contribution >= 4 is 11.4 Å². The Kier molecular flexibility index (Phi) is 4.17. The van der Waals surface area contributed by atoms with E-state index in [1.165, 1.54) is 12.1 Å². The molecule has 0 bridgehead atoms. The normalized spacial score (nSPS) is 16.2. The van der Waals surface area contributed by atoms with Crippen LogP contribution in [0.15, 0.2) is 18.2 Å². The zero-order valence-electron chi connectivity index (χ0n) is 11.1. The number of hydrogen-bond donors (Lipinski definition) is 1. The zero-order chi connectivity index (χ0) is 14.9. The average molecular weight is 285 g/mol. The van der Waals surface area contributed by atoms with E-state index in [0.717, 1.165) is 18.9 Å². The Balaban J connectivity index is 2.36. The van der Waals surface area contributed by atoms with Gasteiger partial charge in [-0.25, -0.2) is 8.78 Å². The van der Waals surface area contributed by atoms with Crippen molar-refractivity contribution in [2.75, 3.05) is 18.5 Å². The lowest BCUT2D eigenvalue weighted by Crippen LogP contribution is -2.40. The Morgan fingerprint density at radius 3 is 2.60 bits per heavy atom. The number of nitro benzene ring substituents is 1. The van der Waals surface area contributed by atoms with Gasteiger partial charge in [-0.15, -0.1) is 0 Å². The highest BCUT2D eigenvalue weighted by atomic mass is 19.3. The fraction of sp³-hybridized carbons (Fsp3) is 0.538. The first kappa shape index (κ1) is 14.6. The predicted molar refractivity (Wildman–Crippen MR) is 72.0 cm³/mol. The first-order chi connectivity index (χ1) is 9.45. The molecule has 0 saturated heterocycles. The number of nitro groups is 1. The largest absolute Gasteiger partial charge is 0.370 e. The summed E-state index contributed by atoms with van der Waals surface area (Å²) < 4.78 is 26.3. The van der Waals surface area contributed by atoms with Crippen LogP contribution in [0.4, 0.5) is 20.2 Å². The lowest BCUT2D eigenvalue weighted by molar-refractivity contribution is -0.385. The minimum Gasteiger partial charge on any atom is -0.370 e. The third-order valence-corrected chi connectivity index (χ3v) is 3.74. The van der Waals surface area contributed by atoms with E-state index in [4.69, 9.17) is 5.73 Å². The van der Waals surface area contributed by atoms with Crippen LogP contribution in [0, 0.1) is 16.0 Å². The Labute approximate surface area is 115 Å². The number of non-ortho nitro benzene ring substituents is 1. The van der Waals surface area contributed by atoms with Gasteiger partial charge < -0.3 is 10.6 Å². The van der Waals surface area contributed by atoms with Crippen molar-refractivity contribution in [2.45, 2.75) is 25.3 Å². The zero-order valence-corrected chi connectivity index (χ0v) is 11.1. The van der Waals surface area contributed by atoms with Crippen LogP contribution in [0.2, 0.25) is 0 Å². The second-order valence-corrected chi connectivity index (χ2v) is 5.05. The van der Waals surface area contributed by atoms with E-state index in [1.54, 1.807) is 11.9 Å². The van der Waals surface area contributed by atoms with Crippen LogP contribution in [-0.4, -0.2) is 24.6 Å². The average Bonchev–Trinajstić information content (AvgIpc) is 3.23. The SMILES string of the molecule is CN(c1ccc([N+](=O)[O-])cc1C(F)F)C(CN)C1CC1. The second kappa shape index (κ2) is 5.70. The molecule has 0 aromatic heterocycles. The monoisotopic (exact) mass is 285 g/mol. The maximum Gasteiger partial charge on any atom is 0.270 e. The van der Waals surface area contributed by atoms with Gasteiger partial charge in [-0.1, -0.05) is 0 Å². The van der Waals surface area contributed by atoms with Gasteiger partial charge in [0.05, 0.1) is 4.92 Å². The molecule has 0 radical (unpaired) electrons. The number of halogens is 2. The van der Waals surface area contributed by atoms with Crippen LogP contribution in [0.1, 0.15) is 24.8 Å². The van der Waals surface area contributed by atoms with E-state index in [0.29, 0.717) is 18.2 Å². The molecule has 20 heavy (non-hydrogen) atoms. The summed E-state index contributed by atoms with van der Waals surface area (Å²) >= 11 is 0. The molecule has 0 amide bonds. The Hall–Kier alpha value is -1.76. The van der Waals surface area contributed by atoms with E-state index in [2.05, 4.69) is 0 Å². The minimum atomic E-state index is -2.76. The van der Waals surface area contributed by atoms with E-state index < -0.39 is 11.3 Å². The summed E-state index contributed by atoms with van der Waals surface area (Å²) in [4.78, 5) is 11.7. The van der Waals surface area contributed by atoms with Crippen LogP contribution < -0.4 is 10.6 Å². The van der Waals surface area contributed by atoms with Gasteiger partial charge in [-0.3, -0.25) is 10.1 Å². The van der Waals surface area contributed by atoms with Crippen LogP contribution >= 0.6 is 0 Å². The molecule has 1 aromatic carbocycles. The van der Waals surface area contributed by atoms with E-state index in [9.17, 15) is 18.9 Å². The maximum absolute atomic E-state index is 13.1. The molecular weight excluding hydrogens is 268 g/mol. The smallest absolute Gasteiger partial charge is 0.270 e. The van der Waals surface area contributed by atoms with Gasteiger partial charge in [0, 0.05) is 43.0 Å². The third-order valence-electron chi connectivity index (χ3n) is 3.74. The number of nitrogens with two attached hydrogens (primary N) is 1. The molecule has 1 unspecified atom stereocenters. The molecule has 1 fully saturated rings. The molecular formula is C13H17F2N3O2. The number of benzene rings is 1. The molecule has 0 heterocycles. The van der Waals surface area contributed by atoms with Crippen molar-refractivity contribution in [2.24, 2.45) is 11.7 Å². The molecule has 1 atom stereocenters. The number of likely N-dealkylation sites (N-methyl/N-ethyl adjacent to an activating group) is 1. The quantitative estimate of drug-likeness (QED) is 0.644. The van der Waals surface area contributed by atoms with Crippen LogP contribution in [0.25, 0.3) is 0 Å². The Bertz CT molecular complexity index is 506. The number of nitrogens with zero attached hydrogens (tertiary/aromatic N) is 2. The summed E-state index contributed by atoms with van der Waals surface area (Å²) in [5.41, 5.74) is 5.39. The third kappa shape index (κ3) is 2.87. The first-order valence-corrected chi connectivity index (χ1v) is 6.45. The molecule has 1 saturated carbocycles. The van der Waals surface area contributed by atoms with Gasteiger partial charge in [0.1, 0.15) is 0 Å². The molecule has 110 valence electrons. The van der Waals surface area contributed by atoms with Gasteiger partial charge in [-0.2, -0.15) is 0 Å². The molecule has 2 N–H and O–H groups in total. The number of rotatable bonds is 6. The van der Waals surface area contributed by atoms with Crippen molar-refractivity contribution in [3.05, 3.63) is 33.9 Å². The second-order valence-electron chi connectivity index (χ2n) is 5.05. The summed E-state index contributed by atoms with van der Waals surface area (Å²) in [6.45, 7) is 0.376. The Morgan fingerprint density at radius 2 is 2.15 bits per heavy atom. The Morgan fingerprint density at radius 1 is 1.50 bits per heavy atom. The predicted octanol–water partition coefficient (Wildman–Crippen LogP) is 2.71. The van der Waals surface area contributed by atoms with Gasteiger partial charge in [0.15, 0.2) is 0 Å². The first-order valence-electron chi connectivity index (χ1n) is 6.45. The number of alkyl halides is 2. The number of anilines is 1. The highest BCUT2D eigenvalue weighted by Crippen LogP contribution is 2.39. The van der Waals surface area contributed by atoms with Crippen LogP contribution in [0.5, 0.6) is 0 Å². The lowest BCUT2D eigenvalue weighted by atomic mass is 10.1. The molecule has 0 aliphatic heterocycles. The summed E-state index contributed by atoms with van der Waals surface area (Å²) in [6.07, 6.45) is -0.670. The summed E-state index contributed by atoms with van der Waals surface area (Å²) in [7, 11) is 1.71. The van der Waals surface area contributed by atoms with Crippen LogP contribution in [0.3, 0.4) is 0 Å². The van der Waals surface area contributed by atoms with Gasteiger partial charge in [0.2, 0.25) is 0 Å². The molecule has 1 aromatic rings. The number of hydrogen-bond acceptors (Lipinski definition) is 4. The van der Waals surface area contributed by atoms with Crippen molar-refractivity contribution in [1.82, 2.24) is 0 Å². The topological polar surface area (TPSA) is 72.4 Å². The molecule has 2 rings (SSSR count). The van der Waals surface area contributed by atoms with E-state index in [-0.39, 0.29) is 17.3 Å². The standard InChI is InChI=1S/C13H17F2N3O2/c1-17(12(7-16)8-2-3-8)11-5-4-9(18(19)20)6-10(11)13(14)15/h4-6,8,12-13H,2-3,7,16H2,1H3. The summed E-state index contributed by atoms with van der Waals surface area (Å²) in [6, 6.07) is 3.56. The molecule has 0 spiro atoms. The lowest BCUT2D eigenvalue weighted by Gasteiger charge is -2.30. The van der Waals surface area contributed by atoms with Crippen molar-refractivity contribution < 1.29 is 13.7 Å². The highest BCUT2D eigenvalue weighted by molar-refractivity contribution is 5.59. The highest BCUT2D eigenvalue weighted by Gasteiger charge is 2.34. The van der Waals surface area contributed by atoms with Crippen molar-refractivity contribution in [1.29, 1.82) is 0 Å². The van der Waals surface area contributed by atoms with Crippen molar-refractivity contribution in [3.63, 3.8) is 0 Å². The fourth-order valence-corrected chi connectivity index (χ4v) is 2.48. The van der Waals surface area contributed by atoms with Gasteiger partial charge in [0.25, 0.3) is 12.1 Å². The summed E-state index contributed by atoms with van der Waals surface area (Å²) in [5.74, 6) is 0.422. The van der Waals surface area contributed by atoms with E-state index in [1.807, 2.05) is 0 Å². The van der Waals surface area contributed by atoms with Gasteiger partial charge in [-0.05, 0) is 24.8 Å².